The van der Waals surface area contributed by atoms with Crippen LogP contribution in [0.5, 0.6) is 0 Å². The molecule has 0 unspecified atom stereocenters. The van der Waals surface area contributed by atoms with E-state index >= 15 is 0 Å². The van der Waals surface area contributed by atoms with E-state index in [0.717, 1.165) is 27.8 Å². The molecule has 0 aliphatic rings. The number of hydrogen-bond donors (Lipinski definition) is 0. The van der Waals surface area contributed by atoms with Crippen LogP contribution in [0.1, 0.15) is 0 Å². The summed E-state index contributed by atoms with van der Waals surface area (Å²) in [6.45, 7) is 0. The third-order valence-corrected chi connectivity index (χ3v) is 3.52. The molecule has 4 aromatic rings. The Morgan fingerprint density at radius 2 is 1.78 bits per heavy atom. The molecule has 4 nitrogen and oxygen atoms in total. The predicted molar refractivity (Wildman–Crippen MR) is 72.0 cm³/mol. The van der Waals surface area contributed by atoms with Crippen molar-refractivity contribution < 1.29 is 0 Å². The van der Waals surface area contributed by atoms with Gasteiger partial charge in [-0.3, -0.25) is 4.57 Å². The van der Waals surface area contributed by atoms with Crippen molar-refractivity contribution in [3.63, 3.8) is 0 Å². The Morgan fingerprint density at radius 1 is 0.889 bits per heavy atom. The lowest BCUT2D eigenvalue weighted by Gasteiger charge is -2.04. The van der Waals surface area contributed by atoms with Crippen LogP contribution in [0.2, 0.25) is 0 Å². The average molecular weight is 252 g/mol. The second-order valence-electron chi connectivity index (χ2n) is 4.01. The van der Waals surface area contributed by atoms with Gasteiger partial charge in [-0.2, -0.15) is 8.75 Å². The third-order valence-electron chi connectivity index (χ3n) is 2.98. The summed E-state index contributed by atoms with van der Waals surface area (Å²) in [5.41, 5.74) is 4.94. The largest absolute Gasteiger partial charge is 0.297 e. The van der Waals surface area contributed by atoms with Crippen LogP contribution in [0.4, 0.5) is 0 Å². The molecule has 5 heteroatoms. The van der Waals surface area contributed by atoms with E-state index in [4.69, 9.17) is 0 Å². The highest BCUT2D eigenvalue weighted by Crippen LogP contribution is 2.24. The van der Waals surface area contributed by atoms with E-state index in [1.54, 1.807) is 0 Å². The molecule has 0 atom stereocenters. The SMILES string of the molecule is c1cc(-n2cnc3ccccc32)c2nsnc2c1. The summed E-state index contributed by atoms with van der Waals surface area (Å²) in [4.78, 5) is 4.40. The first-order valence-electron chi connectivity index (χ1n) is 5.57. The Kier molecular flexibility index (Phi) is 1.95. The summed E-state index contributed by atoms with van der Waals surface area (Å²) < 4.78 is 10.7. The van der Waals surface area contributed by atoms with Crippen LogP contribution in [-0.2, 0) is 0 Å². The molecule has 0 aliphatic heterocycles. The Balaban J connectivity index is 2.10. The van der Waals surface area contributed by atoms with Crippen LogP contribution < -0.4 is 0 Å². The molecule has 2 aromatic heterocycles. The maximum absolute atomic E-state index is 4.40. The fourth-order valence-electron chi connectivity index (χ4n) is 2.14. The first-order valence-corrected chi connectivity index (χ1v) is 6.30. The van der Waals surface area contributed by atoms with E-state index in [0.29, 0.717) is 0 Å². The molecule has 0 spiro atoms. The van der Waals surface area contributed by atoms with Gasteiger partial charge in [0.2, 0.25) is 0 Å². The second-order valence-corrected chi connectivity index (χ2v) is 4.54. The predicted octanol–water partition coefficient (Wildman–Crippen LogP) is 3.03. The number of rotatable bonds is 1. The zero-order chi connectivity index (χ0) is 11.9. The molecule has 86 valence electrons. The van der Waals surface area contributed by atoms with Gasteiger partial charge in [-0.25, -0.2) is 4.98 Å². The van der Waals surface area contributed by atoms with Crippen LogP contribution in [0.25, 0.3) is 27.8 Å². The van der Waals surface area contributed by atoms with Crippen molar-refractivity contribution in [1.82, 2.24) is 18.3 Å². The van der Waals surface area contributed by atoms with E-state index in [-0.39, 0.29) is 0 Å². The quantitative estimate of drug-likeness (QED) is 0.523. The Labute approximate surface area is 107 Å². The normalized spacial score (nSPS) is 11.3. The smallest absolute Gasteiger partial charge is 0.128 e. The van der Waals surface area contributed by atoms with E-state index < -0.39 is 0 Å². The van der Waals surface area contributed by atoms with Crippen molar-refractivity contribution in [1.29, 1.82) is 0 Å². The van der Waals surface area contributed by atoms with Crippen LogP contribution in [0, 0.1) is 0 Å². The fraction of sp³-hybridized carbons (Fsp3) is 0. The van der Waals surface area contributed by atoms with Crippen molar-refractivity contribution in [3.8, 4) is 5.69 Å². The van der Waals surface area contributed by atoms with Gasteiger partial charge in [0, 0.05) is 0 Å². The maximum atomic E-state index is 4.40. The highest BCUT2D eigenvalue weighted by atomic mass is 32.1. The molecule has 0 saturated carbocycles. The minimum Gasteiger partial charge on any atom is -0.297 e. The van der Waals surface area contributed by atoms with Crippen molar-refractivity contribution >= 4 is 33.8 Å². The molecule has 0 amide bonds. The van der Waals surface area contributed by atoms with Gasteiger partial charge in [0.05, 0.1) is 28.4 Å². The molecule has 0 fully saturated rings. The number of aromatic nitrogens is 4. The molecule has 0 N–H and O–H groups in total. The van der Waals surface area contributed by atoms with Gasteiger partial charge in [-0.15, -0.1) is 0 Å². The molecule has 2 aromatic carbocycles. The Hall–Kier alpha value is -2.27. The van der Waals surface area contributed by atoms with Crippen molar-refractivity contribution in [2.24, 2.45) is 0 Å². The van der Waals surface area contributed by atoms with E-state index in [9.17, 15) is 0 Å². The number of fused-ring (bicyclic) bond motifs is 2. The van der Waals surface area contributed by atoms with Gasteiger partial charge in [0.1, 0.15) is 17.4 Å². The van der Waals surface area contributed by atoms with E-state index in [1.807, 2.05) is 42.7 Å². The standard InChI is InChI=1S/C13H8N4S/c1-2-6-11-9(4-1)14-8-17(11)12-7-3-5-10-13(12)16-18-15-10/h1-8H. The summed E-state index contributed by atoms with van der Waals surface area (Å²) in [5.74, 6) is 0. The zero-order valence-corrected chi connectivity index (χ0v) is 10.1. The fourth-order valence-corrected chi connectivity index (χ4v) is 2.68. The number of nitrogens with zero attached hydrogens (tertiary/aromatic N) is 4. The summed E-state index contributed by atoms with van der Waals surface area (Å²) in [6.07, 6.45) is 1.83. The molecular formula is C13H8N4S. The minimum absolute atomic E-state index is 0.922. The number of benzene rings is 2. The minimum atomic E-state index is 0.922. The molecular weight excluding hydrogens is 244 g/mol. The topological polar surface area (TPSA) is 43.6 Å². The first kappa shape index (κ1) is 9.73. The van der Waals surface area contributed by atoms with Crippen molar-refractivity contribution in [2.75, 3.05) is 0 Å². The second kappa shape index (κ2) is 3.61. The van der Waals surface area contributed by atoms with Crippen molar-refractivity contribution in [3.05, 3.63) is 48.8 Å². The molecule has 18 heavy (non-hydrogen) atoms. The van der Waals surface area contributed by atoms with Gasteiger partial charge in [0.15, 0.2) is 0 Å². The lowest BCUT2D eigenvalue weighted by Crippen LogP contribution is -1.92. The van der Waals surface area contributed by atoms with Gasteiger partial charge >= 0.3 is 0 Å². The Morgan fingerprint density at radius 3 is 2.78 bits per heavy atom. The molecule has 2 heterocycles. The van der Waals surface area contributed by atoms with E-state index in [1.165, 1.54) is 11.7 Å². The van der Waals surface area contributed by atoms with Crippen LogP contribution >= 0.6 is 11.7 Å². The van der Waals surface area contributed by atoms with Crippen LogP contribution in [0.3, 0.4) is 0 Å². The third kappa shape index (κ3) is 1.28. The van der Waals surface area contributed by atoms with E-state index in [2.05, 4.69) is 24.4 Å². The molecule has 4 rings (SSSR count). The van der Waals surface area contributed by atoms with Gasteiger partial charge in [-0.1, -0.05) is 18.2 Å². The number of hydrogen-bond acceptors (Lipinski definition) is 4. The lowest BCUT2D eigenvalue weighted by atomic mass is 10.2. The average Bonchev–Trinajstić information content (AvgIpc) is 3.05. The highest BCUT2D eigenvalue weighted by molar-refractivity contribution is 7.00. The van der Waals surface area contributed by atoms with Gasteiger partial charge in [-0.05, 0) is 24.3 Å². The number of para-hydroxylation sites is 2. The summed E-state index contributed by atoms with van der Waals surface area (Å²) in [6, 6.07) is 14.1. The monoisotopic (exact) mass is 252 g/mol. The van der Waals surface area contributed by atoms with Gasteiger partial charge in [0.25, 0.3) is 0 Å². The maximum Gasteiger partial charge on any atom is 0.128 e. The highest BCUT2D eigenvalue weighted by Gasteiger charge is 2.09. The number of imidazole rings is 1. The zero-order valence-electron chi connectivity index (χ0n) is 9.32. The first-order chi connectivity index (χ1) is 8.93. The Bertz CT molecular complexity index is 846. The molecule has 0 aliphatic carbocycles. The lowest BCUT2D eigenvalue weighted by molar-refractivity contribution is 1.10. The molecule has 0 bridgehead atoms. The van der Waals surface area contributed by atoms with Gasteiger partial charge < -0.3 is 0 Å². The van der Waals surface area contributed by atoms with Crippen LogP contribution in [0.15, 0.2) is 48.8 Å². The summed E-state index contributed by atoms with van der Waals surface area (Å²) in [5, 5.41) is 0. The molecule has 0 radical (unpaired) electrons. The van der Waals surface area contributed by atoms with Crippen molar-refractivity contribution in [2.45, 2.75) is 0 Å². The van der Waals surface area contributed by atoms with Crippen LogP contribution in [-0.4, -0.2) is 18.3 Å². The summed E-state index contributed by atoms with van der Waals surface area (Å²) in [7, 11) is 0. The summed E-state index contributed by atoms with van der Waals surface area (Å²) >= 11 is 1.24. The molecule has 0 saturated heterocycles.